The number of para-hydroxylation sites is 2. The Morgan fingerprint density at radius 3 is 2.47 bits per heavy atom. The predicted molar refractivity (Wildman–Crippen MR) is 123 cm³/mol. The van der Waals surface area contributed by atoms with Crippen LogP contribution in [0.5, 0.6) is 17.2 Å². The van der Waals surface area contributed by atoms with E-state index in [-0.39, 0.29) is 18.0 Å². The smallest absolute Gasteiger partial charge is 0.277 e. The Labute approximate surface area is 193 Å². The largest absolute Gasteiger partial charge is 0.496 e. The summed E-state index contributed by atoms with van der Waals surface area (Å²) in [4.78, 5) is 17.6. The molecule has 0 amide bonds. The number of nitrogens with zero attached hydrogens (tertiary/aromatic N) is 5. The van der Waals surface area contributed by atoms with Gasteiger partial charge in [0.05, 0.1) is 32.6 Å². The molecule has 2 aromatic carbocycles. The first kappa shape index (κ1) is 21.3. The molecule has 0 saturated carbocycles. The number of hydrogen-bond acceptors (Lipinski definition) is 8. The summed E-state index contributed by atoms with van der Waals surface area (Å²) in [6, 6.07) is 14.6. The zero-order valence-corrected chi connectivity index (χ0v) is 18.8. The fourth-order valence-corrected chi connectivity index (χ4v) is 3.78. The molecule has 10 nitrogen and oxygen atoms in total. The van der Waals surface area contributed by atoms with Gasteiger partial charge in [-0.3, -0.25) is 4.79 Å². The van der Waals surface area contributed by atoms with E-state index < -0.39 is 0 Å². The summed E-state index contributed by atoms with van der Waals surface area (Å²) in [5.74, 6) is 2.34. The third kappa shape index (κ3) is 3.64. The van der Waals surface area contributed by atoms with E-state index in [1.165, 1.54) is 4.57 Å². The molecule has 5 aromatic rings. The van der Waals surface area contributed by atoms with Crippen LogP contribution in [0.25, 0.3) is 28.2 Å². The average molecular weight is 459 g/mol. The van der Waals surface area contributed by atoms with Crippen molar-refractivity contribution in [3.8, 4) is 39.9 Å². The van der Waals surface area contributed by atoms with Crippen LogP contribution in [0.4, 0.5) is 0 Å². The summed E-state index contributed by atoms with van der Waals surface area (Å²) in [5, 5.41) is 8.58. The van der Waals surface area contributed by atoms with E-state index in [1.54, 1.807) is 56.4 Å². The molecule has 0 fully saturated rings. The molecule has 0 aliphatic carbocycles. The minimum atomic E-state index is -0.241. The first-order valence-corrected chi connectivity index (χ1v) is 10.4. The van der Waals surface area contributed by atoms with E-state index in [9.17, 15) is 4.79 Å². The normalized spacial score (nSPS) is 11.0. The van der Waals surface area contributed by atoms with Gasteiger partial charge < -0.3 is 23.3 Å². The lowest BCUT2D eigenvalue weighted by atomic mass is 10.1. The third-order valence-electron chi connectivity index (χ3n) is 5.40. The molecule has 0 radical (unpaired) electrons. The van der Waals surface area contributed by atoms with Gasteiger partial charge in [0.25, 0.3) is 5.56 Å². The zero-order chi connectivity index (χ0) is 23.7. The van der Waals surface area contributed by atoms with Crippen LogP contribution >= 0.6 is 0 Å². The minimum absolute atomic E-state index is 0.101. The van der Waals surface area contributed by atoms with Gasteiger partial charge in [0.15, 0.2) is 11.5 Å². The monoisotopic (exact) mass is 459 g/mol. The molecular weight excluding hydrogens is 438 g/mol. The van der Waals surface area contributed by atoms with Crippen molar-refractivity contribution < 1.29 is 18.7 Å². The summed E-state index contributed by atoms with van der Waals surface area (Å²) in [7, 11) is 4.70. The molecule has 5 rings (SSSR count). The van der Waals surface area contributed by atoms with Crippen molar-refractivity contribution in [2.75, 3.05) is 21.3 Å². The Bertz CT molecular complexity index is 1530. The fourth-order valence-electron chi connectivity index (χ4n) is 3.78. The average Bonchev–Trinajstić information content (AvgIpc) is 3.53. The number of fused-ring (bicyclic) bond motifs is 1. The quantitative estimate of drug-likeness (QED) is 0.365. The number of methoxy groups -OCH3 is 3. The molecule has 3 aromatic heterocycles. The molecule has 0 bridgehead atoms. The summed E-state index contributed by atoms with van der Waals surface area (Å²) in [6.45, 7) is 0.101. The van der Waals surface area contributed by atoms with Crippen LogP contribution in [0.3, 0.4) is 0 Å². The van der Waals surface area contributed by atoms with E-state index >= 15 is 0 Å². The minimum Gasteiger partial charge on any atom is -0.496 e. The summed E-state index contributed by atoms with van der Waals surface area (Å²) < 4.78 is 24.6. The molecule has 0 spiro atoms. The molecule has 10 heteroatoms. The van der Waals surface area contributed by atoms with Crippen molar-refractivity contribution in [3.63, 3.8) is 0 Å². The van der Waals surface area contributed by atoms with Crippen LogP contribution < -0.4 is 19.8 Å². The van der Waals surface area contributed by atoms with E-state index in [4.69, 9.17) is 18.7 Å². The number of benzene rings is 2. The van der Waals surface area contributed by atoms with Crippen molar-refractivity contribution in [1.29, 1.82) is 0 Å². The highest BCUT2D eigenvalue weighted by molar-refractivity contribution is 5.71. The van der Waals surface area contributed by atoms with E-state index in [1.807, 2.05) is 30.3 Å². The lowest BCUT2D eigenvalue weighted by Crippen LogP contribution is -2.21. The molecule has 34 heavy (non-hydrogen) atoms. The van der Waals surface area contributed by atoms with Gasteiger partial charge in [-0.25, -0.2) is 4.52 Å². The SMILES string of the molecule is COc1ccccc1-c1cc2c(=O)n(Cc3nc(-c4cccc(OC)c4OC)no3)ccn2n1. The van der Waals surface area contributed by atoms with Crippen LogP contribution in [0.2, 0.25) is 0 Å². The zero-order valence-electron chi connectivity index (χ0n) is 18.8. The predicted octanol–water partition coefficient (Wildman–Crippen LogP) is 3.29. The first-order chi connectivity index (χ1) is 16.6. The summed E-state index contributed by atoms with van der Waals surface area (Å²) >= 11 is 0. The first-order valence-electron chi connectivity index (χ1n) is 10.4. The van der Waals surface area contributed by atoms with Crippen molar-refractivity contribution >= 4 is 5.52 Å². The van der Waals surface area contributed by atoms with Gasteiger partial charge in [0.2, 0.25) is 11.7 Å². The topological polar surface area (TPSA) is 106 Å². The molecule has 0 N–H and O–H groups in total. The van der Waals surface area contributed by atoms with Gasteiger partial charge in [-0.1, -0.05) is 23.4 Å². The molecule has 3 heterocycles. The highest BCUT2D eigenvalue weighted by Gasteiger charge is 2.18. The number of rotatable bonds is 7. The molecule has 172 valence electrons. The number of aromatic nitrogens is 5. The van der Waals surface area contributed by atoms with Gasteiger partial charge in [-0.15, -0.1) is 0 Å². The Morgan fingerprint density at radius 2 is 1.68 bits per heavy atom. The van der Waals surface area contributed by atoms with Crippen LogP contribution in [-0.2, 0) is 6.54 Å². The maximum absolute atomic E-state index is 13.1. The lowest BCUT2D eigenvalue weighted by molar-refractivity contribution is 0.354. The second-order valence-corrected chi connectivity index (χ2v) is 7.34. The van der Waals surface area contributed by atoms with Crippen LogP contribution in [0.1, 0.15) is 5.89 Å². The van der Waals surface area contributed by atoms with Gasteiger partial charge in [-0.05, 0) is 30.3 Å². The fraction of sp³-hybridized carbons (Fsp3) is 0.167. The van der Waals surface area contributed by atoms with Crippen molar-refractivity contribution in [2.24, 2.45) is 0 Å². The third-order valence-corrected chi connectivity index (χ3v) is 5.40. The van der Waals surface area contributed by atoms with Gasteiger partial charge in [-0.2, -0.15) is 10.1 Å². The Balaban J connectivity index is 1.47. The molecule has 0 aliphatic heterocycles. The number of ether oxygens (including phenoxy) is 3. The van der Waals surface area contributed by atoms with Crippen molar-refractivity contribution in [1.82, 2.24) is 24.3 Å². The van der Waals surface area contributed by atoms with Crippen molar-refractivity contribution in [3.05, 3.63) is 77.2 Å². The van der Waals surface area contributed by atoms with Gasteiger partial charge >= 0.3 is 0 Å². The Kier molecular flexibility index (Phi) is 5.46. The second kappa shape index (κ2) is 8.74. The molecule has 0 saturated heterocycles. The summed E-state index contributed by atoms with van der Waals surface area (Å²) in [5.41, 5.74) is 2.23. The molecule has 0 unspecified atom stereocenters. The molecular formula is C24H21N5O5. The van der Waals surface area contributed by atoms with Gasteiger partial charge in [0, 0.05) is 18.0 Å². The Hall–Kier alpha value is -4.60. The number of hydrogen-bond donors (Lipinski definition) is 0. The molecule has 0 aliphatic rings. The molecule has 0 atom stereocenters. The maximum atomic E-state index is 13.1. The van der Waals surface area contributed by atoms with Crippen LogP contribution in [0, 0.1) is 0 Å². The van der Waals surface area contributed by atoms with E-state index in [2.05, 4.69) is 15.2 Å². The van der Waals surface area contributed by atoms with E-state index in [0.717, 1.165) is 5.56 Å². The summed E-state index contributed by atoms with van der Waals surface area (Å²) in [6.07, 6.45) is 3.34. The standard InChI is InChI=1S/C24H21N5O5/c1-31-19-9-5-4-7-15(19)17-13-18-24(30)28(11-12-29(18)26-17)14-21-25-23(27-34-21)16-8-6-10-20(32-2)22(16)33-3/h4-13H,14H2,1-3H3. The Morgan fingerprint density at radius 1 is 0.912 bits per heavy atom. The highest BCUT2D eigenvalue weighted by atomic mass is 16.5. The van der Waals surface area contributed by atoms with Crippen LogP contribution in [0.15, 0.2) is 70.2 Å². The highest BCUT2D eigenvalue weighted by Crippen LogP contribution is 2.36. The van der Waals surface area contributed by atoms with Crippen molar-refractivity contribution in [2.45, 2.75) is 6.54 Å². The van der Waals surface area contributed by atoms with E-state index in [0.29, 0.717) is 39.8 Å². The second-order valence-electron chi connectivity index (χ2n) is 7.34. The lowest BCUT2D eigenvalue weighted by Gasteiger charge is -2.09. The van der Waals surface area contributed by atoms with Crippen LogP contribution in [-0.4, -0.2) is 45.7 Å². The van der Waals surface area contributed by atoms with Gasteiger partial charge in [0.1, 0.15) is 17.8 Å². The maximum Gasteiger partial charge on any atom is 0.277 e.